The van der Waals surface area contributed by atoms with Gasteiger partial charge in [-0.25, -0.2) is 4.98 Å². The number of aromatic nitrogens is 2. The summed E-state index contributed by atoms with van der Waals surface area (Å²) < 4.78 is 6.45. The first-order valence-corrected chi connectivity index (χ1v) is 9.35. The van der Waals surface area contributed by atoms with E-state index in [1.54, 1.807) is 12.1 Å². The summed E-state index contributed by atoms with van der Waals surface area (Å²) in [6.07, 6.45) is 0.408. The Hall–Kier alpha value is -2.80. The van der Waals surface area contributed by atoms with Crippen LogP contribution < -0.4 is 5.56 Å². The molecule has 27 heavy (non-hydrogen) atoms. The highest BCUT2D eigenvalue weighted by Gasteiger charge is 2.20. The van der Waals surface area contributed by atoms with E-state index in [9.17, 15) is 14.4 Å². The second kappa shape index (κ2) is 7.44. The third kappa shape index (κ3) is 3.83. The highest BCUT2D eigenvalue weighted by Crippen LogP contribution is 2.25. The van der Waals surface area contributed by atoms with Gasteiger partial charge in [-0.2, -0.15) is 0 Å². The summed E-state index contributed by atoms with van der Waals surface area (Å²) in [6, 6.07) is 7.05. The van der Waals surface area contributed by atoms with Gasteiger partial charge >= 0.3 is 5.97 Å². The number of aryl methyl sites for hydroxylation is 3. The predicted octanol–water partition coefficient (Wildman–Crippen LogP) is 3.20. The molecule has 0 bridgehead atoms. The van der Waals surface area contributed by atoms with E-state index in [0.717, 1.165) is 16.0 Å². The number of esters is 1. The quantitative estimate of drug-likeness (QED) is 0.499. The zero-order valence-electron chi connectivity index (χ0n) is 15.6. The second-order valence-corrected chi connectivity index (χ2v) is 7.71. The molecule has 1 aromatic carbocycles. The standard InChI is InChI=1S/C20H20N2O4S/c1-11-5-7-15(8-6-11)18(24)13(3)26-16(23)9-22-10-21-19-17(20(22)25)12(2)14(4)27-19/h5-8,10,13H,9H2,1-4H3/t13-/m1/s1. The summed E-state index contributed by atoms with van der Waals surface area (Å²) in [5.74, 6) is -0.940. The number of thiophene rings is 1. The van der Waals surface area contributed by atoms with Gasteiger partial charge in [-0.05, 0) is 33.3 Å². The Bertz CT molecular complexity index is 1080. The molecule has 0 radical (unpaired) electrons. The van der Waals surface area contributed by atoms with Crippen LogP contribution in [-0.4, -0.2) is 27.4 Å². The van der Waals surface area contributed by atoms with Crippen LogP contribution in [0.15, 0.2) is 35.4 Å². The van der Waals surface area contributed by atoms with Gasteiger partial charge in [0.05, 0.1) is 11.7 Å². The molecule has 7 heteroatoms. The molecule has 0 N–H and O–H groups in total. The van der Waals surface area contributed by atoms with E-state index in [-0.39, 0.29) is 17.9 Å². The average molecular weight is 384 g/mol. The fourth-order valence-corrected chi connectivity index (χ4v) is 3.75. The molecule has 0 aliphatic carbocycles. The Kier molecular flexibility index (Phi) is 5.23. The lowest BCUT2D eigenvalue weighted by molar-refractivity contribution is -0.147. The normalized spacial score (nSPS) is 12.1. The number of ketones is 1. The van der Waals surface area contributed by atoms with Gasteiger partial charge in [0.15, 0.2) is 6.10 Å². The fraction of sp³-hybridized carbons (Fsp3) is 0.300. The third-order valence-electron chi connectivity index (χ3n) is 4.47. The Labute approximate surface area is 160 Å². The number of hydrogen-bond donors (Lipinski definition) is 0. The molecule has 140 valence electrons. The van der Waals surface area contributed by atoms with Crippen LogP contribution in [0.1, 0.15) is 33.3 Å². The minimum atomic E-state index is -0.933. The van der Waals surface area contributed by atoms with Gasteiger partial charge < -0.3 is 4.74 Å². The topological polar surface area (TPSA) is 78.3 Å². The number of Topliss-reactive ketones (excluding diaryl/α,β-unsaturated/α-hetero) is 1. The first kappa shape index (κ1) is 19.0. The summed E-state index contributed by atoms with van der Waals surface area (Å²) in [7, 11) is 0. The lowest BCUT2D eigenvalue weighted by atomic mass is 10.1. The maximum absolute atomic E-state index is 12.6. The molecule has 0 fully saturated rings. The smallest absolute Gasteiger partial charge is 0.326 e. The number of carbonyl (C=O) groups is 2. The van der Waals surface area contributed by atoms with Crippen LogP contribution in [0.3, 0.4) is 0 Å². The molecule has 6 nitrogen and oxygen atoms in total. The second-order valence-electron chi connectivity index (χ2n) is 6.50. The van der Waals surface area contributed by atoms with Crippen LogP contribution in [0.4, 0.5) is 0 Å². The molecule has 2 heterocycles. The molecule has 3 rings (SSSR count). The molecule has 0 amide bonds. The van der Waals surface area contributed by atoms with Crippen molar-refractivity contribution >= 4 is 33.3 Å². The van der Waals surface area contributed by atoms with E-state index >= 15 is 0 Å². The number of carbonyl (C=O) groups excluding carboxylic acids is 2. The van der Waals surface area contributed by atoms with Crippen molar-refractivity contribution < 1.29 is 14.3 Å². The van der Waals surface area contributed by atoms with Crippen molar-refractivity contribution in [2.45, 2.75) is 40.3 Å². The zero-order chi connectivity index (χ0) is 19.7. The van der Waals surface area contributed by atoms with Crippen LogP contribution >= 0.6 is 11.3 Å². The van der Waals surface area contributed by atoms with E-state index in [1.807, 2.05) is 32.9 Å². The van der Waals surface area contributed by atoms with Gasteiger partial charge in [-0.1, -0.05) is 29.8 Å². The van der Waals surface area contributed by atoms with Crippen molar-refractivity contribution in [2.75, 3.05) is 0 Å². The van der Waals surface area contributed by atoms with Crippen LogP contribution in [0.5, 0.6) is 0 Å². The molecule has 0 saturated heterocycles. The molecule has 0 spiro atoms. The van der Waals surface area contributed by atoms with Crippen molar-refractivity contribution in [3.05, 3.63) is 62.5 Å². The van der Waals surface area contributed by atoms with Crippen molar-refractivity contribution in [1.82, 2.24) is 9.55 Å². The zero-order valence-corrected chi connectivity index (χ0v) is 16.4. The Balaban J connectivity index is 1.74. The summed E-state index contributed by atoms with van der Waals surface area (Å²) in [6.45, 7) is 6.95. The third-order valence-corrected chi connectivity index (χ3v) is 5.58. The van der Waals surface area contributed by atoms with Crippen molar-refractivity contribution in [2.24, 2.45) is 0 Å². The molecular weight excluding hydrogens is 364 g/mol. The summed E-state index contributed by atoms with van der Waals surface area (Å²) in [5, 5.41) is 0.525. The minimum absolute atomic E-state index is 0.281. The maximum Gasteiger partial charge on any atom is 0.326 e. The van der Waals surface area contributed by atoms with Gasteiger partial charge in [0.1, 0.15) is 11.4 Å². The maximum atomic E-state index is 12.6. The minimum Gasteiger partial charge on any atom is -0.453 e. The van der Waals surface area contributed by atoms with Crippen molar-refractivity contribution in [3.8, 4) is 0 Å². The Morgan fingerprint density at radius 1 is 1.19 bits per heavy atom. The van der Waals surface area contributed by atoms with E-state index in [0.29, 0.717) is 15.8 Å². The van der Waals surface area contributed by atoms with Gasteiger partial charge in [0, 0.05) is 10.4 Å². The highest BCUT2D eigenvalue weighted by molar-refractivity contribution is 7.18. The Morgan fingerprint density at radius 3 is 2.52 bits per heavy atom. The van der Waals surface area contributed by atoms with Crippen LogP contribution in [0, 0.1) is 20.8 Å². The van der Waals surface area contributed by atoms with Crippen LogP contribution in [-0.2, 0) is 16.1 Å². The summed E-state index contributed by atoms with van der Waals surface area (Å²) >= 11 is 1.45. The highest BCUT2D eigenvalue weighted by atomic mass is 32.1. The number of benzene rings is 1. The largest absolute Gasteiger partial charge is 0.453 e. The summed E-state index contributed by atoms with van der Waals surface area (Å²) in [4.78, 5) is 43.2. The van der Waals surface area contributed by atoms with Crippen LogP contribution in [0.2, 0.25) is 0 Å². The molecule has 0 aliphatic heterocycles. The van der Waals surface area contributed by atoms with Gasteiger partial charge in [0.2, 0.25) is 5.78 Å². The van der Waals surface area contributed by atoms with E-state index < -0.39 is 12.1 Å². The molecule has 0 aliphatic rings. The number of rotatable bonds is 5. The van der Waals surface area contributed by atoms with Gasteiger partial charge in [-0.15, -0.1) is 11.3 Å². The molecule has 0 unspecified atom stereocenters. The Morgan fingerprint density at radius 2 is 1.85 bits per heavy atom. The number of hydrogen-bond acceptors (Lipinski definition) is 6. The van der Waals surface area contributed by atoms with E-state index in [2.05, 4.69) is 4.98 Å². The monoisotopic (exact) mass is 384 g/mol. The van der Waals surface area contributed by atoms with Gasteiger partial charge in [-0.3, -0.25) is 19.0 Å². The summed E-state index contributed by atoms with van der Waals surface area (Å²) in [5.41, 5.74) is 2.11. The van der Waals surface area contributed by atoms with Gasteiger partial charge in [0.25, 0.3) is 5.56 Å². The first-order chi connectivity index (χ1) is 12.8. The lowest BCUT2D eigenvalue weighted by Gasteiger charge is -2.13. The molecular formula is C20H20N2O4S. The number of ether oxygens (including phenoxy) is 1. The number of fused-ring (bicyclic) bond motifs is 1. The molecule has 2 aromatic heterocycles. The SMILES string of the molecule is Cc1ccc(C(=O)[C@@H](C)OC(=O)Cn2cnc3sc(C)c(C)c3c2=O)cc1. The van der Waals surface area contributed by atoms with Crippen LogP contribution in [0.25, 0.3) is 10.2 Å². The van der Waals surface area contributed by atoms with E-state index in [4.69, 9.17) is 4.74 Å². The average Bonchev–Trinajstić information content (AvgIpc) is 2.92. The molecule has 3 aromatic rings. The van der Waals surface area contributed by atoms with Crippen molar-refractivity contribution in [3.63, 3.8) is 0 Å². The molecule has 0 saturated carbocycles. The first-order valence-electron chi connectivity index (χ1n) is 8.53. The molecule has 1 atom stereocenters. The fourth-order valence-electron chi connectivity index (χ4n) is 2.76. The predicted molar refractivity (Wildman–Crippen MR) is 104 cm³/mol. The lowest BCUT2D eigenvalue weighted by Crippen LogP contribution is -2.30. The van der Waals surface area contributed by atoms with E-state index in [1.165, 1.54) is 29.2 Å². The van der Waals surface area contributed by atoms with Crippen molar-refractivity contribution in [1.29, 1.82) is 0 Å². The number of nitrogens with zero attached hydrogens (tertiary/aromatic N) is 2.